The number of nitrogens with one attached hydrogen (secondary N) is 2. The second kappa shape index (κ2) is 6.96. The summed E-state index contributed by atoms with van der Waals surface area (Å²) in [6.45, 7) is 6.09. The Balaban J connectivity index is 1.48. The zero-order valence-corrected chi connectivity index (χ0v) is 15.9. The third-order valence-electron chi connectivity index (χ3n) is 4.90. The molecule has 2 N–H and O–H groups in total. The van der Waals surface area contributed by atoms with Crippen molar-refractivity contribution in [1.29, 1.82) is 0 Å². The number of benzene rings is 1. The second-order valence-electron chi connectivity index (χ2n) is 7.87. The maximum Gasteiger partial charge on any atom is 0.216 e. The lowest BCUT2D eigenvalue weighted by Gasteiger charge is -2.31. The summed E-state index contributed by atoms with van der Waals surface area (Å²) in [4.78, 5) is 4.17. The molecule has 1 aliphatic carbocycles. The van der Waals surface area contributed by atoms with Crippen molar-refractivity contribution in [2.24, 2.45) is 5.92 Å². The molecule has 2 aromatic rings. The Kier molecular flexibility index (Phi) is 5.06. The van der Waals surface area contributed by atoms with E-state index in [4.69, 9.17) is 4.42 Å². The van der Waals surface area contributed by atoms with Crippen LogP contribution in [0.5, 0.6) is 0 Å². The van der Waals surface area contributed by atoms with E-state index < -0.39 is 14.8 Å². The number of sulfonamides is 1. The Bertz CT molecular complexity index is 815. The third kappa shape index (κ3) is 4.33. The van der Waals surface area contributed by atoms with Crippen LogP contribution >= 0.6 is 0 Å². The van der Waals surface area contributed by atoms with Gasteiger partial charge in [0.05, 0.1) is 4.75 Å². The number of aromatic nitrogens is 1. The van der Waals surface area contributed by atoms with E-state index in [0.717, 1.165) is 49.0 Å². The van der Waals surface area contributed by atoms with Crippen LogP contribution in [0.15, 0.2) is 29.0 Å². The minimum atomic E-state index is -3.27. The molecule has 3 rings (SSSR count). The Morgan fingerprint density at radius 2 is 1.92 bits per heavy atom. The predicted molar refractivity (Wildman–Crippen MR) is 100 cm³/mol. The van der Waals surface area contributed by atoms with Crippen LogP contribution in [0.2, 0.25) is 0 Å². The average molecular weight is 365 g/mol. The van der Waals surface area contributed by atoms with Crippen molar-refractivity contribution < 1.29 is 12.8 Å². The maximum atomic E-state index is 12.3. The molecule has 1 aliphatic rings. The fraction of sp³-hybridized carbons (Fsp3) is 0.611. The molecule has 6 nitrogen and oxygen atoms in total. The molecule has 25 heavy (non-hydrogen) atoms. The largest absolute Gasteiger partial charge is 0.443 e. The molecule has 0 saturated heterocycles. The van der Waals surface area contributed by atoms with Gasteiger partial charge in [0, 0.05) is 18.3 Å². The molecule has 0 spiro atoms. The van der Waals surface area contributed by atoms with E-state index in [2.05, 4.69) is 15.0 Å². The Labute approximate surface area is 149 Å². The van der Waals surface area contributed by atoms with Crippen molar-refractivity contribution in [2.75, 3.05) is 11.9 Å². The Morgan fingerprint density at radius 3 is 2.60 bits per heavy atom. The van der Waals surface area contributed by atoms with Gasteiger partial charge in [-0.25, -0.2) is 18.1 Å². The molecule has 0 amide bonds. The lowest BCUT2D eigenvalue weighted by Crippen LogP contribution is -2.46. The summed E-state index contributed by atoms with van der Waals surface area (Å²) in [5.41, 5.74) is 2.68. The van der Waals surface area contributed by atoms with Crippen molar-refractivity contribution >= 4 is 26.8 Å². The first-order valence-electron chi connectivity index (χ1n) is 8.83. The Hall–Kier alpha value is -1.60. The minimum absolute atomic E-state index is 0.0620. The zero-order valence-electron chi connectivity index (χ0n) is 15.1. The van der Waals surface area contributed by atoms with Crippen molar-refractivity contribution in [1.82, 2.24) is 9.71 Å². The van der Waals surface area contributed by atoms with E-state index in [1.165, 1.54) is 6.39 Å². The lowest BCUT2D eigenvalue weighted by molar-refractivity contribution is 0.322. The predicted octanol–water partition coefficient (Wildman–Crippen LogP) is 3.52. The SMILES string of the molecule is CC(C)(C)S(=O)(=O)NC1CCC(CNc2ccc3ocnc3c2)CC1. The molecule has 0 aliphatic heterocycles. The number of hydrogen-bond donors (Lipinski definition) is 2. The molecule has 138 valence electrons. The van der Waals surface area contributed by atoms with Gasteiger partial charge in [-0.05, 0) is 70.6 Å². The van der Waals surface area contributed by atoms with Gasteiger partial charge >= 0.3 is 0 Å². The quantitative estimate of drug-likeness (QED) is 0.847. The number of fused-ring (bicyclic) bond motifs is 1. The molecule has 1 aromatic heterocycles. The van der Waals surface area contributed by atoms with Crippen LogP contribution in [0.3, 0.4) is 0 Å². The van der Waals surface area contributed by atoms with Crippen molar-refractivity contribution in [3.8, 4) is 0 Å². The van der Waals surface area contributed by atoms with Crippen LogP contribution in [-0.4, -0.2) is 30.7 Å². The van der Waals surface area contributed by atoms with Gasteiger partial charge in [-0.3, -0.25) is 0 Å². The van der Waals surface area contributed by atoms with Crippen LogP contribution in [0.4, 0.5) is 5.69 Å². The molecule has 1 saturated carbocycles. The monoisotopic (exact) mass is 365 g/mol. The summed E-state index contributed by atoms with van der Waals surface area (Å²) >= 11 is 0. The fourth-order valence-corrected chi connectivity index (χ4v) is 4.14. The van der Waals surface area contributed by atoms with E-state index in [0.29, 0.717) is 5.92 Å². The highest BCUT2D eigenvalue weighted by atomic mass is 32.2. The van der Waals surface area contributed by atoms with Crippen LogP contribution in [0.25, 0.3) is 11.1 Å². The van der Waals surface area contributed by atoms with Gasteiger partial charge in [-0.2, -0.15) is 0 Å². The van der Waals surface area contributed by atoms with Gasteiger partial charge in [0.15, 0.2) is 12.0 Å². The van der Waals surface area contributed by atoms with E-state index in [9.17, 15) is 8.42 Å². The zero-order chi connectivity index (χ0) is 18.1. The highest BCUT2D eigenvalue weighted by Gasteiger charge is 2.32. The number of oxazole rings is 1. The molecule has 0 bridgehead atoms. The average Bonchev–Trinajstić information content (AvgIpc) is 3.00. The summed E-state index contributed by atoms with van der Waals surface area (Å²) in [6.07, 6.45) is 5.29. The van der Waals surface area contributed by atoms with Crippen molar-refractivity contribution in [3.63, 3.8) is 0 Å². The second-order valence-corrected chi connectivity index (χ2v) is 10.3. The van der Waals surface area contributed by atoms with E-state index in [1.807, 2.05) is 18.2 Å². The van der Waals surface area contributed by atoms with Gasteiger partial charge in [0.1, 0.15) is 5.52 Å². The Morgan fingerprint density at radius 1 is 1.20 bits per heavy atom. The molecule has 0 radical (unpaired) electrons. The highest BCUT2D eigenvalue weighted by molar-refractivity contribution is 7.90. The summed E-state index contributed by atoms with van der Waals surface area (Å²) in [5.74, 6) is 0.559. The highest BCUT2D eigenvalue weighted by Crippen LogP contribution is 2.27. The van der Waals surface area contributed by atoms with Crippen LogP contribution < -0.4 is 10.0 Å². The topological polar surface area (TPSA) is 84.2 Å². The van der Waals surface area contributed by atoms with Gasteiger partial charge in [-0.15, -0.1) is 0 Å². The van der Waals surface area contributed by atoms with Crippen molar-refractivity contribution in [2.45, 2.75) is 57.2 Å². The molecule has 7 heteroatoms. The molecule has 1 fully saturated rings. The summed E-state index contributed by atoms with van der Waals surface area (Å²) in [5, 5.41) is 3.46. The fourth-order valence-electron chi connectivity index (χ4n) is 3.11. The molecule has 1 heterocycles. The third-order valence-corrected chi connectivity index (χ3v) is 7.16. The molecular weight excluding hydrogens is 338 g/mol. The van der Waals surface area contributed by atoms with Gasteiger partial charge in [0.2, 0.25) is 10.0 Å². The summed E-state index contributed by atoms with van der Waals surface area (Å²) in [7, 11) is -3.27. The van der Waals surface area contributed by atoms with E-state index in [1.54, 1.807) is 20.8 Å². The normalized spacial score (nSPS) is 22.2. The van der Waals surface area contributed by atoms with Gasteiger partial charge in [0.25, 0.3) is 0 Å². The summed E-state index contributed by atoms with van der Waals surface area (Å²) < 4.78 is 31.9. The van der Waals surface area contributed by atoms with E-state index >= 15 is 0 Å². The molecular formula is C18H27N3O3S. The molecule has 1 aromatic carbocycles. The maximum absolute atomic E-state index is 12.3. The minimum Gasteiger partial charge on any atom is -0.443 e. The number of nitrogens with zero attached hydrogens (tertiary/aromatic N) is 1. The molecule has 0 unspecified atom stereocenters. The molecule has 0 atom stereocenters. The van der Waals surface area contributed by atoms with Crippen LogP contribution in [0.1, 0.15) is 46.5 Å². The van der Waals surface area contributed by atoms with Crippen LogP contribution in [-0.2, 0) is 10.0 Å². The summed E-state index contributed by atoms with van der Waals surface area (Å²) in [6, 6.07) is 5.97. The van der Waals surface area contributed by atoms with E-state index in [-0.39, 0.29) is 6.04 Å². The van der Waals surface area contributed by atoms with Gasteiger partial charge in [-0.1, -0.05) is 0 Å². The first-order chi connectivity index (χ1) is 11.7. The number of rotatable bonds is 5. The standard InChI is InChI=1S/C18H27N3O3S/c1-18(2,3)25(22,23)21-14-6-4-13(5-7-14)11-19-15-8-9-17-16(10-15)20-12-24-17/h8-10,12-14,19,21H,4-7,11H2,1-3H3. The number of hydrogen-bond acceptors (Lipinski definition) is 5. The number of anilines is 1. The van der Waals surface area contributed by atoms with Gasteiger partial charge < -0.3 is 9.73 Å². The first kappa shape index (κ1) is 18.2. The van der Waals surface area contributed by atoms with Crippen molar-refractivity contribution in [3.05, 3.63) is 24.6 Å². The smallest absolute Gasteiger partial charge is 0.216 e. The first-order valence-corrected chi connectivity index (χ1v) is 10.3. The van der Waals surface area contributed by atoms with Crippen LogP contribution in [0, 0.1) is 5.92 Å². The lowest BCUT2D eigenvalue weighted by atomic mass is 9.86.